The zero-order chi connectivity index (χ0) is 21.7. The number of methoxy groups -OCH3 is 2. The first-order chi connectivity index (χ1) is 14.4. The number of hydrogen-bond donors (Lipinski definition) is 3. The van der Waals surface area contributed by atoms with Gasteiger partial charge in [0.25, 0.3) is 0 Å². The molecule has 11 heteroatoms. The van der Waals surface area contributed by atoms with Crippen LogP contribution in [0.25, 0.3) is 11.2 Å². The second-order valence-corrected chi connectivity index (χ2v) is 7.25. The maximum atomic E-state index is 13.2. The normalized spacial score (nSPS) is 12.3. The van der Waals surface area contributed by atoms with Crippen LogP contribution in [0.2, 0.25) is 10.0 Å². The fourth-order valence-corrected chi connectivity index (χ4v) is 3.44. The Morgan fingerprint density at radius 3 is 2.67 bits per heavy atom. The standard InChI is InChI=1S/C19H20Cl2FN5O3/c1-29-18(30-2)14(7-10-3-4-11(20)8-12(10)21)25-19(28)23-9-16-24-13-5-6-15(22)26-17(13)27-16/h3-6,8,14,18H,7,9H2,1-2H3,(H2,23,25,28)(H,24,26,27)/t14-/m0/s1. The first-order valence-corrected chi connectivity index (χ1v) is 9.70. The van der Waals surface area contributed by atoms with E-state index in [1.54, 1.807) is 18.2 Å². The number of pyridine rings is 1. The van der Waals surface area contributed by atoms with Crippen molar-refractivity contribution in [2.45, 2.75) is 25.3 Å². The van der Waals surface area contributed by atoms with E-state index in [0.29, 0.717) is 27.8 Å². The van der Waals surface area contributed by atoms with Crippen LogP contribution in [-0.2, 0) is 22.4 Å². The Bertz CT molecular complexity index is 1030. The number of halogens is 3. The second-order valence-electron chi connectivity index (χ2n) is 6.40. The topological polar surface area (TPSA) is 101 Å². The van der Waals surface area contributed by atoms with Gasteiger partial charge in [0.15, 0.2) is 11.9 Å². The number of rotatable bonds is 8. The van der Waals surface area contributed by atoms with Gasteiger partial charge in [-0.05, 0) is 36.2 Å². The first kappa shape index (κ1) is 22.2. The van der Waals surface area contributed by atoms with Gasteiger partial charge in [-0.1, -0.05) is 29.3 Å². The highest BCUT2D eigenvalue weighted by atomic mass is 35.5. The second kappa shape index (κ2) is 10.0. The third-order valence-corrected chi connectivity index (χ3v) is 4.93. The molecule has 0 saturated carbocycles. The Labute approximate surface area is 182 Å². The zero-order valence-electron chi connectivity index (χ0n) is 16.2. The average Bonchev–Trinajstić information content (AvgIpc) is 3.11. The van der Waals surface area contributed by atoms with Crippen molar-refractivity contribution >= 4 is 40.4 Å². The molecule has 2 amide bonds. The molecule has 0 bridgehead atoms. The summed E-state index contributed by atoms with van der Waals surface area (Å²) in [6, 6.07) is 6.87. The van der Waals surface area contributed by atoms with E-state index in [1.807, 2.05) is 0 Å². The predicted molar refractivity (Wildman–Crippen MR) is 111 cm³/mol. The third kappa shape index (κ3) is 5.57. The predicted octanol–water partition coefficient (Wildman–Crippen LogP) is 3.43. The number of carbonyl (C=O) groups is 1. The van der Waals surface area contributed by atoms with Crippen LogP contribution in [0, 0.1) is 5.95 Å². The van der Waals surface area contributed by atoms with Gasteiger partial charge in [0, 0.05) is 24.3 Å². The van der Waals surface area contributed by atoms with E-state index in [2.05, 4.69) is 25.6 Å². The molecule has 0 aliphatic heterocycles. The molecule has 160 valence electrons. The van der Waals surface area contributed by atoms with Crippen molar-refractivity contribution in [3.05, 3.63) is 57.7 Å². The Kier molecular flexibility index (Phi) is 7.43. The number of amides is 2. The number of imidazole rings is 1. The summed E-state index contributed by atoms with van der Waals surface area (Å²) in [5, 5.41) is 6.49. The summed E-state index contributed by atoms with van der Waals surface area (Å²) < 4.78 is 23.8. The molecule has 0 aliphatic carbocycles. The summed E-state index contributed by atoms with van der Waals surface area (Å²) in [5.41, 5.74) is 1.58. The molecule has 1 atom stereocenters. The van der Waals surface area contributed by atoms with Crippen molar-refractivity contribution in [3.63, 3.8) is 0 Å². The maximum absolute atomic E-state index is 13.2. The van der Waals surface area contributed by atoms with Crippen LogP contribution in [0.15, 0.2) is 30.3 Å². The quantitative estimate of drug-likeness (QED) is 0.356. The molecule has 3 N–H and O–H groups in total. The van der Waals surface area contributed by atoms with Gasteiger partial charge in [-0.25, -0.2) is 9.78 Å². The van der Waals surface area contributed by atoms with Gasteiger partial charge in [0.05, 0.1) is 18.1 Å². The van der Waals surface area contributed by atoms with E-state index in [-0.39, 0.29) is 12.2 Å². The van der Waals surface area contributed by atoms with Crippen molar-refractivity contribution < 1.29 is 18.7 Å². The number of nitrogens with zero attached hydrogens (tertiary/aromatic N) is 2. The van der Waals surface area contributed by atoms with Gasteiger partial charge >= 0.3 is 6.03 Å². The number of fused-ring (bicyclic) bond motifs is 1. The van der Waals surface area contributed by atoms with Crippen molar-refractivity contribution in [2.75, 3.05) is 14.2 Å². The highest BCUT2D eigenvalue weighted by Gasteiger charge is 2.24. The van der Waals surface area contributed by atoms with Crippen LogP contribution in [0.3, 0.4) is 0 Å². The highest BCUT2D eigenvalue weighted by molar-refractivity contribution is 6.35. The molecule has 30 heavy (non-hydrogen) atoms. The first-order valence-electron chi connectivity index (χ1n) is 8.94. The Balaban J connectivity index is 1.65. The molecule has 2 heterocycles. The Morgan fingerprint density at radius 2 is 1.97 bits per heavy atom. The van der Waals surface area contributed by atoms with Crippen LogP contribution < -0.4 is 10.6 Å². The molecule has 0 radical (unpaired) electrons. The zero-order valence-corrected chi connectivity index (χ0v) is 17.7. The molecule has 1 aromatic carbocycles. The minimum absolute atomic E-state index is 0.0862. The van der Waals surface area contributed by atoms with E-state index in [0.717, 1.165) is 5.56 Å². The van der Waals surface area contributed by atoms with E-state index < -0.39 is 24.3 Å². The summed E-state index contributed by atoms with van der Waals surface area (Å²) in [6.45, 7) is 0.0862. The van der Waals surface area contributed by atoms with Crippen LogP contribution in [0.1, 0.15) is 11.4 Å². The number of nitrogens with one attached hydrogen (secondary N) is 3. The number of carbonyl (C=O) groups excluding carboxylic acids is 1. The minimum atomic E-state index is -0.708. The fraction of sp³-hybridized carbons (Fsp3) is 0.316. The Morgan fingerprint density at radius 1 is 1.20 bits per heavy atom. The summed E-state index contributed by atoms with van der Waals surface area (Å²) in [4.78, 5) is 23.3. The molecule has 0 saturated heterocycles. The van der Waals surface area contributed by atoms with Gasteiger partial charge in [-0.15, -0.1) is 0 Å². The molecule has 0 unspecified atom stereocenters. The lowest BCUT2D eigenvalue weighted by Gasteiger charge is -2.26. The van der Waals surface area contributed by atoms with E-state index in [9.17, 15) is 9.18 Å². The minimum Gasteiger partial charge on any atom is -0.354 e. The number of aromatic nitrogens is 3. The molecule has 0 spiro atoms. The van der Waals surface area contributed by atoms with Crippen molar-refractivity contribution in [2.24, 2.45) is 0 Å². The number of aromatic amines is 1. The monoisotopic (exact) mass is 455 g/mol. The summed E-state index contributed by atoms with van der Waals surface area (Å²) in [5.74, 6) is -0.189. The van der Waals surface area contributed by atoms with Crippen molar-refractivity contribution in [1.29, 1.82) is 0 Å². The third-order valence-electron chi connectivity index (χ3n) is 4.34. The van der Waals surface area contributed by atoms with Crippen LogP contribution in [-0.4, -0.2) is 47.5 Å². The molecule has 2 aromatic heterocycles. The SMILES string of the molecule is COC(OC)[C@H](Cc1ccc(Cl)cc1Cl)NC(=O)NCc1nc2nc(F)ccc2[nH]1. The van der Waals surface area contributed by atoms with E-state index in [4.69, 9.17) is 32.7 Å². The number of hydrogen-bond acceptors (Lipinski definition) is 5. The van der Waals surface area contributed by atoms with Crippen LogP contribution in [0.5, 0.6) is 0 Å². The van der Waals surface area contributed by atoms with Gasteiger partial charge in [0.1, 0.15) is 5.82 Å². The lowest BCUT2D eigenvalue weighted by molar-refractivity contribution is -0.120. The number of urea groups is 1. The fourth-order valence-electron chi connectivity index (χ4n) is 2.95. The lowest BCUT2D eigenvalue weighted by atomic mass is 10.1. The number of H-pyrrole nitrogens is 1. The highest BCUT2D eigenvalue weighted by Crippen LogP contribution is 2.23. The Hall–Kier alpha value is -2.46. The summed E-state index contributed by atoms with van der Waals surface area (Å²) in [6.07, 6.45) is -0.357. The molecule has 0 aliphatic rings. The van der Waals surface area contributed by atoms with Crippen LogP contribution in [0.4, 0.5) is 9.18 Å². The van der Waals surface area contributed by atoms with Crippen LogP contribution >= 0.6 is 23.2 Å². The number of ether oxygens (including phenoxy) is 2. The van der Waals surface area contributed by atoms with E-state index in [1.165, 1.54) is 26.4 Å². The lowest BCUT2D eigenvalue weighted by Crippen LogP contribution is -2.50. The summed E-state index contributed by atoms with van der Waals surface area (Å²) >= 11 is 12.2. The molecular weight excluding hydrogens is 436 g/mol. The molecule has 0 fully saturated rings. The molecule has 3 aromatic rings. The average molecular weight is 456 g/mol. The van der Waals surface area contributed by atoms with Gasteiger partial charge in [-0.2, -0.15) is 9.37 Å². The van der Waals surface area contributed by atoms with Crippen molar-refractivity contribution in [3.8, 4) is 0 Å². The van der Waals surface area contributed by atoms with Gasteiger partial charge < -0.3 is 25.1 Å². The van der Waals surface area contributed by atoms with Gasteiger partial charge in [-0.3, -0.25) is 0 Å². The molecule has 8 nitrogen and oxygen atoms in total. The number of benzene rings is 1. The molecule has 3 rings (SSSR count). The van der Waals surface area contributed by atoms with E-state index >= 15 is 0 Å². The smallest absolute Gasteiger partial charge is 0.315 e. The largest absolute Gasteiger partial charge is 0.354 e. The molecular formula is C19H20Cl2FN5O3. The van der Waals surface area contributed by atoms with Crippen molar-refractivity contribution in [1.82, 2.24) is 25.6 Å². The summed E-state index contributed by atoms with van der Waals surface area (Å²) in [7, 11) is 2.95. The maximum Gasteiger partial charge on any atom is 0.315 e. The van der Waals surface area contributed by atoms with Gasteiger partial charge in [0.2, 0.25) is 5.95 Å².